The molecule has 6 nitrogen and oxygen atoms in total. The highest BCUT2D eigenvalue weighted by molar-refractivity contribution is 7.09. The molecule has 96 valence electrons. The zero-order chi connectivity index (χ0) is 13.0. The topological polar surface area (TPSA) is 88.8 Å². The molecule has 0 bridgehead atoms. The Balaban J connectivity index is 1.94. The van der Waals surface area contributed by atoms with Crippen molar-refractivity contribution in [2.45, 2.75) is 20.3 Å². The van der Waals surface area contributed by atoms with Gasteiger partial charge < -0.3 is 10.7 Å². The van der Waals surface area contributed by atoms with Crippen LogP contribution in [-0.4, -0.2) is 21.5 Å². The third-order valence-electron chi connectivity index (χ3n) is 2.52. The second kappa shape index (κ2) is 5.74. The van der Waals surface area contributed by atoms with Gasteiger partial charge in [0.15, 0.2) is 0 Å². The maximum atomic E-state index is 5.37. The largest absolute Gasteiger partial charge is 0.369 e. The average molecular weight is 264 g/mol. The van der Waals surface area contributed by atoms with Gasteiger partial charge in [-0.25, -0.2) is 20.8 Å². The van der Waals surface area contributed by atoms with Gasteiger partial charge in [0.2, 0.25) is 0 Å². The lowest BCUT2D eigenvalue weighted by atomic mass is 10.3. The normalized spacial score (nSPS) is 10.4. The van der Waals surface area contributed by atoms with Gasteiger partial charge in [-0.1, -0.05) is 0 Å². The number of anilines is 2. The fourth-order valence-corrected chi connectivity index (χ4v) is 2.36. The fourth-order valence-electron chi connectivity index (χ4n) is 1.58. The summed E-state index contributed by atoms with van der Waals surface area (Å²) in [4.78, 5) is 12.6. The third kappa shape index (κ3) is 2.93. The number of nitrogens with one attached hydrogen (secondary N) is 2. The molecule has 7 heteroatoms. The number of hydrogen-bond donors (Lipinski definition) is 3. The molecule has 0 aliphatic carbocycles. The van der Waals surface area contributed by atoms with E-state index in [1.807, 2.05) is 13.8 Å². The number of thiazole rings is 1. The van der Waals surface area contributed by atoms with Gasteiger partial charge in [0.05, 0.1) is 5.01 Å². The van der Waals surface area contributed by atoms with E-state index in [0.717, 1.165) is 35.0 Å². The second-order valence-electron chi connectivity index (χ2n) is 3.90. The number of rotatable bonds is 5. The molecule has 18 heavy (non-hydrogen) atoms. The molecule has 0 saturated heterocycles. The van der Waals surface area contributed by atoms with Gasteiger partial charge >= 0.3 is 0 Å². The van der Waals surface area contributed by atoms with Crippen molar-refractivity contribution < 1.29 is 0 Å². The van der Waals surface area contributed by atoms with E-state index in [-0.39, 0.29) is 0 Å². The van der Waals surface area contributed by atoms with Crippen molar-refractivity contribution >= 4 is 23.0 Å². The van der Waals surface area contributed by atoms with E-state index in [9.17, 15) is 0 Å². The van der Waals surface area contributed by atoms with E-state index in [1.165, 1.54) is 6.33 Å². The number of hydrazine groups is 1. The van der Waals surface area contributed by atoms with E-state index >= 15 is 0 Å². The van der Waals surface area contributed by atoms with E-state index in [1.54, 1.807) is 11.3 Å². The molecule has 2 aromatic rings. The molecular weight excluding hydrogens is 248 g/mol. The Hall–Kier alpha value is -1.73. The van der Waals surface area contributed by atoms with Gasteiger partial charge in [-0.3, -0.25) is 0 Å². The van der Waals surface area contributed by atoms with Gasteiger partial charge in [0, 0.05) is 29.6 Å². The quantitative estimate of drug-likeness (QED) is 0.560. The van der Waals surface area contributed by atoms with E-state index in [0.29, 0.717) is 5.82 Å². The Bertz CT molecular complexity index is 524. The molecule has 2 heterocycles. The summed E-state index contributed by atoms with van der Waals surface area (Å²) in [6, 6.07) is 0. The molecule has 0 atom stereocenters. The standard InChI is InChI=1S/C11H16N6S/c1-7-5-18-9(16-7)3-4-13-10-8(2)11(17-12)15-6-14-10/h5-6H,3-4,12H2,1-2H3,(H2,13,14,15,17). The van der Waals surface area contributed by atoms with Crippen molar-refractivity contribution in [3.8, 4) is 0 Å². The van der Waals surface area contributed by atoms with E-state index < -0.39 is 0 Å². The summed E-state index contributed by atoms with van der Waals surface area (Å²) in [5.74, 6) is 6.80. The van der Waals surface area contributed by atoms with Crippen LogP contribution in [0.5, 0.6) is 0 Å². The molecule has 0 unspecified atom stereocenters. The highest BCUT2D eigenvalue weighted by atomic mass is 32.1. The monoisotopic (exact) mass is 264 g/mol. The Morgan fingerprint density at radius 3 is 2.72 bits per heavy atom. The maximum absolute atomic E-state index is 5.37. The molecule has 0 aliphatic rings. The van der Waals surface area contributed by atoms with Crippen molar-refractivity contribution in [3.05, 3.63) is 28.0 Å². The third-order valence-corrected chi connectivity index (χ3v) is 3.55. The Morgan fingerprint density at radius 2 is 2.06 bits per heavy atom. The molecule has 0 aromatic carbocycles. The number of aryl methyl sites for hydroxylation is 1. The van der Waals surface area contributed by atoms with Crippen LogP contribution in [0.4, 0.5) is 11.6 Å². The molecule has 2 aromatic heterocycles. The van der Waals surface area contributed by atoms with Crippen LogP contribution in [-0.2, 0) is 6.42 Å². The molecule has 0 saturated carbocycles. The summed E-state index contributed by atoms with van der Waals surface area (Å²) in [5.41, 5.74) is 4.53. The average Bonchev–Trinajstić information content (AvgIpc) is 2.77. The van der Waals surface area contributed by atoms with Crippen LogP contribution in [0, 0.1) is 13.8 Å². The van der Waals surface area contributed by atoms with Crippen LogP contribution in [0.3, 0.4) is 0 Å². The van der Waals surface area contributed by atoms with Crippen molar-refractivity contribution in [3.63, 3.8) is 0 Å². The van der Waals surface area contributed by atoms with Crippen LogP contribution in [0.15, 0.2) is 11.7 Å². The van der Waals surface area contributed by atoms with Crippen LogP contribution >= 0.6 is 11.3 Å². The number of nitrogens with two attached hydrogens (primary N) is 1. The fraction of sp³-hybridized carbons (Fsp3) is 0.364. The molecule has 0 amide bonds. The van der Waals surface area contributed by atoms with Crippen LogP contribution in [0.25, 0.3) is 0 Å². The minimum absolute atomic E-state index is 0.637. The zero-order valence-corrected chi connectivity index (χ0v) is 11.2. The molecule has 2 rings (SSSR count). The van der Waals surface area contributed by atoms with E-state index in [2.05, 4.69) is 31.1 Å². The number of nitrogens with zero attached hydrogens (tertiary/aromatic N) is 3. The summed E-state index contributed by atoms with van der Waals surface area (Å²) in [6.07, 6.45) is 2.37. The first-order chi connectivity index (χ1) is 8.70. The first kappa shape index (κ1) is 12.7. The summed E-state index contributed by atoms with van der Waals surface area (Å²) < 4.78 is 0. The SMILES string of the molecule is Cc1csc(CCNc2ncnc(NN)c2C)n1. The lowest BCUT2D eigenvalue weighted by Gasteiger charge is -2.10. The van der Waals surface area contributed by atoms with Gasteiger partial charge in [-0.15, -0.1) is 11.3 Å². The number of nitrogen functional groups attached to an aromatic ring is 1. The number of aromatic nitrogens is 3. The lowest BCUT2D eigenvalue weighted by Crippen LogP contribution is -2.13. The molecule has 0 aliphatic heterocycles. The van der Waals surface area contributed by atoms with E-state index in [4.69, 9.17) is 5.84 Å². The predicted molar refractivity (Wildman–Crippen MR) is 73.6 cm³/mol. The predicted octanol–water partition coefficient (Wildman–Crippen LogP) is 1.49. The Kier molecular flexibility index (Phi) is 4.06. The molecule has 0 radical (unpaired) electrons. The van der Waals surface area contributed by atoms with Crippen molar-refractivity contribution in [1.29, 1.82) is 0 Å². The smallest absolute Gasteiger partial charge is 0.148 e. The zero-order valence-electron chi connectivity index (χ0n) is 10.4. The number of hydrogen-bond acceptors (Lipinski definition) is 7. The van der Waals surface area contributed by atoms with Gasteiger partial charge in [-0.2, -0.15) is 0 Å². The van der Waals surface area contributed by atoms with Crippen molar-refractivity contribution in [1.82, 2.24) is 15.0 Å². The first-order valence-electron chi connectivity index (χ1n) is 5.64. The van der Waals surface area contributed by atoms with Crippen LogP contribution in [0.2, 0.25) is 0 Å². The molecule has 0 fully saturated rings. The minimum Gasteiger partial charge on any atom is -0.369 e. The molecular formula is C11H16N6S. The lowest BCUT2D eigenvalue weighted by molar-refractivity contribution is 0.967. The highest BCUT2D eigenvalue weighted by Gasteiger charge is 2.05. The summed E-state index contributed by atoms with van der Waals surface area (Å²) in [6.45, 7) is 4.71. The summed E-state index contributed by atoms with van der Waals surface area (Å²) >= 11 is 1.68. The van der Waals surface area contributed by atoms with Crippen molar-refractivity contribution in [2.75, 3.05) is 17.3 Å². The maximum Gasteiger partial charge on any atom is 0.148 e. The van der Waals surface area contributed by atoms with Crippen molar-refractivity contribution in [2.24, 2.45) is 5.84 Å². The summed E-state index contributed by atoms with van der Waals surface area (Å²) in [5, 5.41) is 6.45. The minimum atomic E-state index is 0.637. The Morgan fingerprint density at radius 1 is 1.28 bits per heavy atom. The summed E-state index contributed by atoms with van der Waals surface area (Å²) in [7, 11) is 0. The molecule has 4 N–H and O–H groups in total. The van der Waals surface area contributed by atoms with Crippen LogP contribution < -0.4 is 16.6 Å². The molecule has 0 spiro atoms. The second-order valence-corrected chi connectivity index (χ2v) is 4.84. The highest BCUT2D eigenvalue weighted by Crippen LogP contribution is 2.17. The van der Waals surface area contributed by atoms with Gasteiger partial charge in [0.25, 0.3) is 0 Å². The first-order valence-corrected chi connectivity index (χ1v) is 6.51. The van der Waals surface area contributed by atoms with Crippen LogP contribution in [0.1, 0.15) is 16.3 Å². The van der Waals surface area contributed by atoms with Gasteiger partial charge in [0.1, 0.15) is 18.0 Å². The Labute approximate surface area is 110 Å². The van der Waals surface area contributed by atoms with Gasteiger partial charge in [-0.05, 0) is 13.8 Å².